The summed E-state index contributed by atoms with van der Waals surface area (Å²) in [5, 5.41) is 13.6. The van der Waals surface area contributed by atoms with Crippen molar-refractivity contribution in [3.8, 4) is 0 Å². The van der Waals surface area contributed by atoms with Crippen LogP contribution in [0.4, 0.5) is 14.9 Å². The summed E-state index contributed by atoms with van der Waals surface area (Å²) in [6.07, 6.45) is 0. The van der Waals surface area contributed by atoms with Gasteiger partial charge in [0.05, 0.1) is 10.4 Å². The normalized spacial score (nSPS) is 11.8. The highest BCUT2D eigenvalue weighted by molar-refractivity contribution is 9.10. The number of amides is 2. The molecule has 19 heavy (non-hydrogen) atoms. The molecule has 1 aromatic carbocycles. The van der Waals surface area contributed by atoms with E-state index in [2.05, 4.69) is 26.6 Å². The molecule has 0 fully saturated rings. The molecule has 0 heterocycles. The van der Waals surface area contributed by atoms with Crippen molar-refractivity contribution >= 4 is 33.6 Å². The van der Waals surface area contributed by atoms with E-state index >= 15 is 0 Å². The van der Waals surface area contributed by atoms with E-state index in [0.717, 1.165) is 0 Å². The lowest BCUT2D eigenvalue weighted by Crippen LogP contribution is -2.34. The van der Waals surface area contributed by atoms with Crippen LogP contribution in [0.5, 0.6) is 0 Å². The van der Waals surface area contributed by atoms with Gasteiger partial charge in [-0.3, -0.25) is 4.79 Å². The highest BCUT2D eigenvalue weighted by Crippen LogP contribution is 2.24. The Hall–Kier alpha value is -1.63. The summed E-state index contributed by atoms with van der Waals surface area (Å²) in [5.41, 5.74) is 1.02. The molecule has 5 nitrogen and oxygen atoms in total. The number of halogens is 2. The summed E-state index contributed by atoms with van der Waals surface area (Å²) in [6.45, 7) is 3.16. The molecule has 0 aromatic heterocycles. The van der Waals surface area contributed by atoms with E-state index in [1.807, 2.05) is 0 Å². The first-order valence-electron chi connectivity index (χ1n) is 5.54. The lowest BCUT2D eigenvalue weighted by Gasteiger charge is -2.12. The van der Waals surface area contributed by atoms with Crippen LogP contribution in [0.3, 0.4) is 0 Å². The van der Waals surface area contributed by atoms with Gasteiger partial charge >= 0.3 is 12.0 Å². The van der Waals surface area contributed by atoms with Gasteiger partial charge in [-0.1, -0.05) is 6.92 Å². The van der Waals surface area contributed by atoms with Gasteiger partial charge in [0, 0.05) is 12.2 Å². The fraction of sp³-hybridized carbons (Fsp3) is 0.333. The number of aryl methyl sites for hydroxylation is 1. The molecule has 0 saturated heterocycles. The number of carbonyl (C=O) groups is 2. The van der Waals surface area contributed by atoms with Gasteiger partial charge in [0.25, 0.3) is 0 Å². The Labute approximate surface area is 118 Å². The quantitative estimate of drug-likeness (QED) is 0.793. The van der Waals surface area contributed by atoms with Crippen LogP contribution in [0.15, 0.2) is 16.6 Å². The molecule has 1 atom stereocenters. The van der Waals surface area contributed by atoms with Crippen molar-refractivity contribution in [3.63, 3.8) is 0 Å². The van der Waals surface area contributed by atoms with Crippen LogP contribution in [-0.4, -0.2) is 23.7 Å². The standard InChI is InChI=1S/C12H14BrFN2O3/c1-6-3-9(14)8(13)4-10(6)16-12(19)15-5-7(2)11(17)18/h3-4,7H,5H2,1-2H3,(H,17,18)(H2,15,16,19). The first-order chi connectivity index (χ1) is 8.81. The van der Waals surface area contributed by atoms with Gasteiger partial charge in [-0.05, 0) is 40.5 Å². The molecule has 0 aliphatic heterocycles. The van der Waals surface area contributed by atoms with Crippen molar-refractivity contribution in [2.24, 2.45) is 5.92 Å². The highest BCUT2D eigenvalue weighted by Gasteiger charge is 2.13. The van der Waals surface area contributed by atoms with E-state index in [9.17, 15) is 14.0 Å². The molecular formula is C12H14BrFN2O3. The van der Waals surface area contributed by atoms with Crippen LogP contribution < -0.4 is 10.6 Å². The zero-order chi connectivity index (χ0) is 14.6. The van der Waals surface area contributed by atoms with E-state index in [0.29, 0.717) is 11.3 Å². The molecule has 0 spiro atoms. The fourth-order valence-electron chi connectivity index (χ4n) is 1.28. The number of nitrogens with one attached hydrogen (secondary N) is 2. The maximum absolute atomic E-state index is 13.2. The van der Waals surface area contributed by atoms with Gasteiger partial charge < -0.3 is 15.7 Å². The predicted octanol–water partition coefficient (Wildman–Crippen LogP) is 2.74. The lowest BCUT2D eigenvalue weighted by molar-refractivity contribution is -0.140. The topological polar surface area (TPSA) is 78.4 Å². The van der Waals surface area contributed by atoms with Crippen molar-refractivity contribution in [2.75, 3.05) is 11.9 Å². The van der Waals surface area contributed by atoms with Crippen molar-refractivity contribution in [1.29, 1.82) is 0 Å². The van der Waals surface area contributed by atoms with Crippen LogP contribution in [-0.2, 0) is 4.79 Å². The van der Waals surface area contributed by atoms with Crippen LogP contribution in [0, 0.1) is 18.7 Å². The van der Waals surface area contributed by atoms with Gasteiger partial charge in [-0.25, -0.2) is 9.18 Å². The van der Waals surface area contributed by atoms with E-state index in [1.165, 1.54) is 19.1 Å². The summed E-state index contributed by atoms with van der Waals surface area (Å²) in [5.74, 6) is -2.07. The highest BCUT2D eigenvalue weighted by atomic mass is 79.9. The number of rotatable bonds is 4. The van der Waals surface area contributed by atoms with Gasteiger partial charge in [-0.2, -0.15) is 0 Å². The Morgan fingerprint density at radius 1 is 1.47 bits per heavy atom. The van der Waals surface area contributed by atoms with Crippen LogP contribution in [0.25, 0.3) is 0 Å². The fourth-order valence-corrected chi connectivity index (χ4v) is 1.62. The third kappa shape index (κ3) is 4.51. The molecule has 1 aromatic rings. The number of hydrogen-bond donors (Lipinski definition) is 3. The Morgan fingerprint density at radius 3 is 2.68 bits per heavy atom. The minimum absolute atomic E-state index is 0.0164. The Bertz CT molecular complexity index is 508. The number of carboxylic acid groups (broad SMARTS) is 1. The first kappa shape index (κ1) is 15.4. The van der Waals surface area contributed by atoms with E-state index in [4.69, 9.17) is 5.11 Å². The second-order valence-corrected chi connectivity index (χ2v) is 5.01. The Morgan fingerprint density at radius 2 is 2.11 bits per heavy atom. The molecule has 3 N–H and O–H groups in total. The van der Waals surface area contributed by atoms with Gasteiger partial charge in [0.15, 0.2) is 0 Å². The van der Waals surface area contributed by atoms with E-state index < -0.39 is 23.7 Å². The van der Waals surface area contributed by atoms with E-state index in [-0.39, 0.29) is 11.0 Å². The summed E-state index contributed by atoms with van der Waals surface area (Å²) in [7, 11) is 0. The van der Waals surface area contributed by atoms with Gasteiger partial charge in [0.1, 0.15) is 5.82 Å². The molecule has 104 valence electrons. The summed E-state index contributed by atoms with van der Waals surface area (Å²) < 4.78 is 13.4. The third-order valence-corrected chi connectivity index (χ3v) is 3.11. The average molecular weight is 333 g/mol. The minimum atomic E-state index is -0.985. The smallest absolute Gasteiger partial charge is 0.319 e. The predicted molar refractivity (Wildman–Crippen MR) is 72.7 cm³/mol. The molecule has 0 aliphatic carbocycles. The molecule has 1 rings (SSSR count). The maximum atomic E-state index is 13.2. The Kier molecular flexibility index (Phi) is 5.29. The van der Waals surface area contributed by atoms with Crippen molar-refractivity contribution in [3.05, 3.63) is 28.0 Å². The van der Waals surface area contributed by atoms with E-state index in [1.54, 1.807) is 6.92 Å². The zero-order valence-electron chi connectivity index (χ0n) is 10.5. The minimum Gasteiger partial charge on any atom is -0.481 e. The number of carboxylic acids is 1. The molecule has 0 aliphatic rings. The number of urea groups is 1. The summed E-state index contributed by atoms with van der Waals surface area (Å²) >= 11 is 3.03. The molecule has 0 radical (unpaired) electrons. The SMILES string of the molecule is Cc1cc(F)c(Br)cc1NC(=O)NCC(C)C(=O)O. The zero-order valence-corrected chi connectivity index (χ0v) is 12.0. The largest absolute Gasteiger partial charge is 0.481 e. The second kappa shape index (κ2) is 6.51. The molecule has 0 bridgehead atoms. The molecule has 1 unspecified atom stereocenters. The first-order valence-corrected chi connectivity index (χ1v) is 6.34. The van der Waals surface area contributed by atoms with Gasteiger partial charge in [0.2, 0.25) is 0 Å². The maximum Gasteiger partial charge on any atom is 0.319 e. The average Bonchev–Trinajstić information content (AvgIpc) is 2.32. The van der Waals surface area contributed by atoms with Crippen molar-refractivity contribution in [1.82, 2.24) is 5.32 Å². The number of aliphatic carboxylic acids is 1. The van der Waals surface area contributed by atoms with Gasteiger partial charge in [-0.15, -0.1) is 0 Å². The monoisotopic (exact) mass is 332 g/mol. The van der Waals surface area contributed by atoms with Crippen LogP contribution >= 0.6 is 15.9 Å². The lowest BCUT2D eigenvalue weighted by atomic mass is 10.2. The third-order valence-electron chi connectivity index (χ3n) is 2.51. The molecule has 2 amide bonds. The number of benzene rings is 1. The second-order valence-electron chi connectivity index (χ2n) is 4.16. The Balaban J connectivity index is 2.62. The molecule has 7 heteroatoms. The van der Waals surface area contributed by atoms with Crippen LogP contribution in [0.1, 0.15) is 12.5 Å². The van der Waals surface area contributed by atoms with Crippen LogP contribution in [0.2, 0.25) is 0 Å². The van der Waals surface area contributed by atoms with Crippen molar-refractivity contribution in [2.45, 2.75) is 13.8 Å². The summed E-state index contributed by atoms with van der Waals surface area (Å²) in [4.78, 5) is 22.2. The van der Waals surface area contributed by atoms with Crippen molar-refractivity contribution < 1.29 is 19.1 Å². The number of hydrogen-bond acceptors (Lipinski definition) is 2. The summed E-state index contributed by atoms with van der Waals surface area (Å²) in [6, 6.07) is 2.21. The molecule has 0 saturated carbocycles. The molecular weight excluding hydrogens is 319 g/mol. The number of carbonyl (C=O) groups excluding carboxylic acids is 1. The number of anilines is 1.